The van der Waals surface area contributed by atoms with E-state index in [1.165, 1.54) is 29.3 Å². The summed E-state index contributed by atoms with van der Waals surface area (Å²) in [4.78, 5) is 20.9. The van der Waals surface area contributed by atoms with Crippen molar-refractivity contribution in [3.63, 3.8) is 0 Å². The van der Waals surface area contributed by atoms with Crippen LogP contribution in [-0.2, 0) is 11.3 Å². The summed E-state index contributed by atoms with van der Waals surface area (Å²) in [6, 6.07) is 9.12. The van der Waals surface area contributed by atoms with E-state index in [0.29, 0.717) is 29.4 Å². The molecule has 0 saturated carbocycles. The van der Waals surface area contributed by atoms with Crippen LogP contribution in [0, 0.1) is 11.6 Å². The van der Waals surface area contributed by atoms with Crippen LogP contribution < -0.4 is 20.7 Å². The van der Waals surface area contributed by atoms with Crippen LogP contribution in [0.2, 0.25) is 0 Å². The van der Waals surface area contributed by atoms with Gasteiger partial charge in [0.05, 0.1) is 36.3 Å². The zero-order valence-corrected chi connectivity index (χ0v) is 20.1. The second-order valence-corrected chi connectivity index (χ2v) is 8.34. The summed E-state index contributed by atoms with van der Waals surface area (Å²) in [5, 5.41) is 22.6. The second-order valence-electron chi connectivity index (χ2n) is 8.34. The van der Waals surface area contributed by atoms with E-state index in [-0.39, 0.29) is 24.9 Å². The third-order valence-corrected chi connectivity index (χ3v) is 5.39. The largest absolute Gasteiger partial charge is 0.493 e. The monoisotopic (exact) mass is 511 g/mol. The first-order chi connectivity index (χ1) is 17.9. The normalized spacial score (nSPS) is 11.9. The molecule has 4 rings (SSSR count). The van der Waals surface area contributed by atoms with Gasteiger partial charge >= 0.3 is 0 Å². The summed E-state index contributed by atoms with van der Waals surface area (Å²) in [5.41, 5.74) is 1.03. The molecule has 1 atom stereocenters. The lowest BCUT2D eigenvalue weighted by Gasteiger charge is -2.11. The number of nitrogens with one attached hydrogen (secondary N) is 3. The van der Waals surface area contributed by atoms with Crippen molar-refractivity contribution in [3.05, 3.63) is 66.8 Å². The third kappa shape index (κ3) is 6.96. The lowest BCUT2D eigenvalue weighted by Crippen LogP contribution is -2.30. The van der Waals surface area contributed by atoms with E-state index >= 15 is 0 Å². The summed E-state index contributed by atoms with van der Waals surface area (Å²) < 4.78 is 34.3. The first-order valence-corrected chi connectivity index (χ1v) is 11.7. The van der Waals surface area contributed by atoms with E-state index in [1.807, 2.05) is 25.1 Å². The molecule has 37 heavy (non-hydrogen) atoms. The standard InChI is InChI=1S/C25H27F2N7O3/c1-16(14-35)28-8-3-9-37-18-6-7-19-22(10-18)29-15-30-25(19)32-17-11-31-34(12-17)13-23(36)33-21-5-2-4-20(26)24(21)27/h2,4-7,10-12,15-16,28,35H,3,8-9,13-14H2,1H3,(H,33,36)(H,29,30,32)/t16-/m0/s1. The molecule has 1 amide bonds. The number of hydrogen-bond acceptors (Lipinski definition) is 8. The van der Waals surface area contributed by atoms with Crippen LogP contribution >= 0.6 is 0 Å². The lowest BCUT2D eigenvalue weighted by molar-refractivity contribution is -0.116. The number of amides is 1. The molecule has 0 aliphatic rings. The second kappa shape index (κ2) is 12.2. The van der Waals surface area contributed by atoms with Gasteiger partial charge in [-0.05, 0) is 44.2 Å². The summed E-state index contributed by atoms with van der Waals surface area (Å²) in [6.07, 6.45) is 5.34. The predicted molar refractivity (Wildman–Crippen MR) is 135 cm³/mol. The highest BCUT2D eigenvalue weighted by Gasteiger charge is 2.12. The Hall–Kier alpha value is -4.16. The van der Waals surface area contributed by atoms with Crippen LogP contribution in [0.1, 0.15) is 13.3 Å². The van der Waals surface area contributed by atoms with Crippen LogP contribution in [-0.4, -0.2) is 56.6 Å². The Bertz CT molecular complexity index is 1370. The molecule has 4 N–H and O–H groups in total. The Morgan fingerprint density at radius 2 is 2.08 bits per heavy atom. The van der Waals surface area contributed by atoms with E-state index in [0.717, 1.165) is 24.4 Å². The number of rotatable bonds is 12. The average molecular weight is 512 g/mol. The molecule has 2 aromatic carbocycles. The molecule has 2 aromatic heterocycles. The maximum absolute atomic E-state index is 13.8. The van der Waals surface area contributed by atoms with Crippen LogP contribution in [0.25, 0.3) is 10.9 Å². The maximum atomic E-state index is 13.8. The highest BCUT2D eigenvalue weighted by Crippen LogP contribution is 2.26. The van der Waals surface area contributed by atoms with Gasteiger partial charge in [0.2, 0.25) is 5.91 Å². The van der Waals surface area contributed by atoms with Gasteiger partial charge in [-0.1, -0.05) is 6.07 Å². The Kier molecular flexibility index (Phi) is 8.54. The van der Waals surface area contributed by atoms with Crippen molar-refractivity contribution in [2.24, 2.45) is 0 Å². The minimum absolute atomic E-state index is 0.0531. The number of aliphatic hydroxyl groups is 1. The van der Waals surface area contributed by atoms with Gasteiger partial charge in [0.25, 0.3) is 0 Å². The topological polar surface area (TPSA) is 126 Å². The maximum Gasteiger partial charge on any atom is 0.246 e. The summed E-state index contributed by atoms with van der Waals surface area (Å²) >= 11 is 0. The zero-order chi connectivity index (χ0) is 26.2. The van der Waals surface area contributed by atoms with Crippen molar-refractivity contribution in [1.29, 1.82) is 0 Å². The zero-order valence-electron chi connectivity index (χ0n) is 20.1. The van der Waals surface area contributed by atoms with Crippen LogP contribution in [0.15, 0.2) is 55.1 Å². The molecule has 10 nitrogen and oxygen atoms in total. The van der Waals surface area contributed by atoms with E-state index in [1.54, 1.807) is 6.20 Å². The Labute approximate surface area is 211 Å². The number of nitrogens with zero attached hydrogens (tertiary/aromatic N) is 4. The van der Waals surface area contributed by atoms with E-state index in [4.69, 9.17) is 9.84 Å². The Morgan fingerprint density at radius 3 is 2.92 bits per heavy atom. The average Bonchev–Trinajstić information content (AvgIpc) is 3.32. The smallest absolute Gasteiger partial charge is 0.246 e. The third-order valence-electron chi connectivity index (χ3n) is 5.39. The van der Waals surface area contributed by atoms with Gasteiger partial charge in [0.1, 0.15) is 24.4 Å². The van der Waals surface area contributed by atoms with Gasteiger partial charge in [-0.2, -0.15) is 5.10 Å². The van der Waals surface area contributed by atoms with E-state index < -0.39 is 17.5 Å². The summed E-state index contributed by atoms with van der Waals surface area (Å²) in [6.45, 7) is 3.07. The fourth-order valence-corrected chi connectivity index (χ4v) is 3.49. The Morgan fingerprint density at radius 1 is 1.22 bits per heavy atom. The first-order valence-electron chi connectivity index (χ1n) is 11.7. The highest BCUT2D eigenvalue weighted by molar-refractivity contribution is 5.92. The van der Waals surface area contributed by atoms with Crippen LogP contribution in [0.5, 0.6) is 5.75 Å². The van der Waals surface area contributed by atoms with Gasteiger partial charge in [-0.3, -0.25) is 9.48 Å². The number of ether oxygens (including phenoxy) is 1. The molecular weight excluding hydrogens is 484 g/mol. The Balaban J connectivity index is 1.34. The van der Waals surface area contributed by atoms with Crippen molar-refractivity contribution in [3.8, 4) is 5.75 Å². The molecule has 0 fully saturated rings. The molecule has 12 heteroatoms. The van der Waals surface area contributed by atoms with Crippen LogP contribution in [0.3, 0.4) is 0 Å². The van der Waals surface area contributed by atoms with Crippen molar-refractivity contribution in [1.82, 2.24) is 25.1 Å². The molecule has 0 spiro atoms. The van der Waals surface area contributed by atoms with E-state index in [2.05, 4.69) is 31.0 Å². The number of aliphatic hydroxyl groups excluding tert-OH is 1. The lowest BCUT2D eigenvalue weighted by atomic mass is 10.2. The molecule has 0 radical (unpaired) electrons. The number of benzene rings is 2. The minimum atomic E-state index is -1.12. The van der Waals surface area contributed by atoms with Gasteiger partial charge in [-0.25, -0.2) is 18.7 Å². The molecule has 0 aliphatic carbocycles. The van der Waals surface area contributed by atoms with Crippen molar-refractivity contribution in [2.45, 2.75) is 25.9 Å². The number of halogens is 2. The first kappa shape index (κ1) is 25.9. The summed E-state index contributed by atoms with van der Waals surface area (Å²) in [7, 11) is 0. The van der Waals surface area contributed by atoms with Gasteiger partial charge < -0.3 is 25.8 Å². The van der Waals surface area contributed by atoms with Gasteiger partial charge in [0, 0.05) is 23.7 Å². The molecule has 0 bridgehead atoms. The quantitative estimate of drug-likeness (QED) is 0.214. The fourth-order valence-electron chi connectivity index (χ4n) is 3.49. The number of carbonyl (C=O) groups excluding carboxylic acids is 1. The van der Waals surface area contributed by atoms with Crippen molar-refractivity contribution in [2.75, 3.05) is 30.4 Å². The van der Waals surface area contributed by atoms with Gasteiger partial charge in [-0.15, -0.1) is 0 Å². The number of hydrogen-bond donors (Lipinski definition) is 4. The molecular formula is C25H27F2N7O3. The predicted octanol–water partition coefficient (Wildman–Crippen LogP) is 3.23. The number of carbonyl (C=O) groups is 1. The number of anilines is 3. The molecule has 0 saturated heterocycles. The number of fused-ring (bicyclic) bond motifs is 1. The minimum Gasteiger partial charge on any atom is -0.493 e. The van der Waals surface area contributed by atoms with Crippen molar-refractivity contribution < 1.29 is 23.4 Å². The fraction of sp³-hybridized carbons (Fsp3) is 0.280. The number of aromatic nitrogens is 4. The van der Waals surface area contributed by atoms with Gasteiger partial charge in [0.15, 0.2) is 11.6 Å². The van der Waals surface area contributed by atoms with Crippen LogP contribution in [0.4, 0.5) is 26.0 Å². The molecule has 194 valence electrons. The molecule has 2 heterocycles. The SMILES string of the molecule is C[C@@H](CO)NCCCOc1ccc2c(Nc3cnn(CC(=O)Nc4cccc(F)c4F)c3)ncnc2c1. The summed E-state index contributed by atoms with van der Waals surface area (Å²) in [5.74, 6) is -1.49. The molecule has 0 unspecified atom stereocenters. The highest BCUT2D eigenvalue weighted by atomic mass is 19.2. The van der Waals surface area contributed by atoms with E-state index in [9.17, 15) is 13.6 Å². The van der Waals surface area contributed by atoms with Crippen molar-refractivity contribution >= 4 is 34.0 Å². The molecule has 4 aromatic rings. The molecule has 0 aliphatic heterocycles.